The van der Waals surface area contributed by atoms with Gasteiger partial charge in [-0.25, -0.2) is 0 Å². The molecule has 1 unspecified atom stereocenters. The summed E-state index contributed by atoms with van der Waals surface area (Å²) in [6.07, 6.45) is 3.19. The molecule has 0 saturated carbocycles. The Morgan fingerprint density at radius 3 is 2.38 bits per heavy atom. The van der Waals surface area contributed by atoms with E-state index < -0.39 is 17.7 Å². The van der Waals surface area contributed by atoms with E-state index in [1.165, 1.54) is 4.90 Å². The summed E-state index contributed by atoms with van der Waals surface area (Å²) in [5.41, 5.74) is 1.66. The second-order valence-corrected chi connectivity index (χ2v) is 8.54. The van der Waals surface area contributed by atoms with Crippen LogP contribution < -0.4 is 9.64 Å². The van der Waals surface area contributed by atoms with Crippen LogP contribution >= 0.6 is 15.9 Å². The molecule has 2 aromatic carbocycles. The molecule has 1 N–H and O–H groups in total. The van der Waals surface area contributed by atoms with Gasteiger partial charge in [0.2, 0.25) is 0 Å². The number of carbonyl (C=O) groups is 2. The van der Waals surface area contributed by atoms with Gasteiger partial charge in [-0.2, -0.15) is 0 Å². The minimum absolute atomic E-state index is 0.0108. The summed E-state index contributed by atoms with van der Waals surface area (Å²) in [6, 6.07) is 16.6. The number of benzene rings is 2. The zero-order chi connectivity index (χ0) is 22.8. The van der Waals surface area contributed by atoms with Crippen molar-refractivity contribution in [2.75, 3.05) is 4.90 Å². The number of rotatable bonds is 5. The molecule has 0 aliphatic carbocycles. The number of pyridine rings is 1. The Hall–Kier alpha value is -3.45. The molecular formula is C25H21BrN2O4. The molecule has 32 heavy (non-hydrogen) atoms. The van der Waals surface area contributed by atoms with Gasteiger partial charge in [-0.15, -0.1) is 0 Å². The van der Waals surface area contributed by atoms with E-state index in [-0.39, 0.29) is 17.4 Å². The van der Waals surface area contributed by atoms with E-state index in [9.17, 15) is 14.7 Å². The first-order valence-electron chi connectivity index (χ1n) is 10.1. The lowest BCUT2D eigenvalue weighted by molar-refractivity contribution is -0.132. The molecule has 1 aromatic heterocycles. The van der Waals surface area contributed by atoms with Gasteiger partial charge in [0.25, 0.3) is 11.7 Å². The van der Waals surface area contributed by atoms with Crippen LogP contribution in [-0.2, 0) is 9.59 Å². The van der Waals surface area contributed by atoms with Gasteiger partial charge in [0.1, 0.15) is 11.5 Å². The van der Waals surface area contributed by atoms with Gasteiger partial charge in [0.05, 0.1) is 17.7 Å². The number of aliphatic hydroxyl groups is 1. The average Bonchev–Trinajstić information content (AvgIpc) is 3.05. The second-order valence-electron chi connectivity index (χ2n) is 7.62. The van der Waals surface area contributed by atoms with Crippen LogP contribution in [0.25, 0.3) is 5.76 Å². The summed E-state index contributed by atoms with van der Waals surface area (Å²) in [4.78, 5) is 31.7. The van der Waals surface area contributed by atoms with E-state index in [1.54, 1.807) is 67.0 Å². The fourth-order valence-corrected chi connectivity index (χ4v) is 4.09. The molecule has 0 bridgehead atoms. The van der Waals surface area contributed by atoms with Crippen molar-refractivity contribution in [3.05, 3.63) is 94.2 Å². The zero-order valence-corrected chi connectivity index (χ0v) is 19.1. The van der Waals surface area contributed by atoms with Gasteiger partial charge >= 0.3 is 0 Å². The number of hydrogen-bond acceptors (Lipinski definition) is 5. The molecule has 0 radical (unpaired) electrons. The number of Topliss-reactive ketones (excluding diaryl/α,β-unsaturated/α-hetero) is 1. The first kappa shape index (κ1) is 21.8. The molecule has 2 heterocycles. The number of aromatic nitrogens is 1. The standard InChI is InChI=1S/C25H21BrN2O4/c1-15(2)32-20-8-6-17(7-9-20)23(29)21-22(16-10-12-27-13-11-16)28(25(31)24(21)30)19-5-3-4-18(26)14-19/h3-15,22,29H,1-2H3/b23-21+. The van der Waals surface area contributed by atoms with E-state index in [1.807, 2.05) is 19.9 Å². The van der Waals surface area contributed by atoms with E-state index >= 15 is 0 Å². The Bertz CT molecular complexity index is 1190. The van der Waals surface area contributed by atoms with Gasteiger partial charge in [-0.05, 0) is 74.0 Å². The summed E-state index contributed by atoms with van der Waals surface area (Å²) in [5.74, 6) is -1.03. The van der Waals surface area contributed by atoms with Crippen LogP contribution in [0.5, 0.6) is 5.75 Å². The fourth-order valence-electron chi connectivity index (χ4n) is 3.70. The lowest BCUT2D eigenvalue weighted by Crippen LogP contribution is -2.29. The third kappa shape index (κ3) is 4.16. The van der Waals surface area contributed by atoms with Crippen LogP contribution in [0.4, 0.5) is 5.69 Å². The maximum Gasteiger partial charge on any atom is 0.300 e. The number of nitrogens with zero attached hydrogens (tertiary/aromatic N) is 2. The maximum absolute atomic E-state index is 13.1. The van der Waals surface area contributed by atoms with E-state index in [0.29, 0.717) is 22.6 Å². The first-order valence-corrected chi connectivity index (χ1v) is 10.9. The largest absolute Gasteiger partial charge is 0.507 e. The number of amides is 1. The van der Waals surface area contributed by atoms with Gasteiger partial charge in [-0.3, -0.25) is 19.5 Å². The topological polar surface area (TPSA) is 79.7 Å². The molecule has 7 heteroatoms. The SMILES string of the molecule is CC(C)Oc1ccc(/C(O)=C2\C(=O)C(=O)N(c3cccc(Br)c3)C2c2ccncc2)cc1. The molecule has 162 valence electrons. The van der Waals surface area contributed by atoms with Crippen molar-refractivity contribution in [3.63, 3.8) is 0 Å². The molecule has 4 rings (SSSR count). The quantitative estimate of drug-likeness (QED) is 0.298. The molecule has 3 aromatic rings. The van der Waals surface area contributed by atoms with Crippen LogP contribution in [0.2, 0.25) is 0 Å². The summed E-state index contributed by atoms with van der Waals surface area (Å²) >= 11 is 3.42. The lowest BCUT2D eigenvalue weighted by Gasteiger charge is -2.25. The molecule has 1 amide bonds. The van der Waals surface area contributed by atoms with E-state index in [4.69, 9.17) is 4.74 Å². The first-order chi connectivity index (χ1) is 15.4. The van der Waals surface area contributed by atoms with E-state index in [2.05, 4.69) is 20.9 Å². The number of hydrogen-bond donors (Lipinski definition) is 1. The van der Waals surface area contributed by atoms with Gasteiger partial charge in [0.15, 0.2) is 0 Å². The predicted octanol–water partition coefficient (Wildman–Crippen LogP) is 5.26. The lowest BCUT2D eigenvalue weighted by atomic mass is 9.95. The van der Waals surface area contributed by atoms with Crippen molar-refractivity contribution in [2.45, 2.75) is 26.0 Å². The number of ketones is 1. The minimum Gasteiger partial charge on any atom is -0.507 e. The van der Waals surface area contributed by atoms with Crippen molar-refractivity contribution < 1.29 is 19.4 Å². The number of anilines is 1. The average molecular weight is 493 g/mol. The highest BCUT2D eigenvalue weighted by Crippen LogP contribution is 2.42. The predicted molar refractivity (Wildman–Crippen MR) is 125 cm³/mol. The third-order valence-corrected chi connectivity index (χ3v) is 5.55. The molecule has 1 atom stereocenters. The highest BCUT2D eigenvalue weighted by molar-refractivity contribution is 9.10. The molecule has 6 nitrogen and oxygen atoms in total. The maximum atomic E-state index is 13.1. The Kier molecular flexibility index (Phi) is 6.10. The van der Waals surface area contributed by atoms with Crippen molar-refractivity contribution in [2.24, 2.45) is 0 Å². The van der Waals surface area contributed by atoms with Crippen LogP contribution in [0, 0.1) is 0 Å². The van der Waals surface area contributed by atoms with Crippen LogP contribution in [-0.4, -0.2) is 27.9 Å². The Morgan fingerprint density at radius 2 is 1.75 bits per heavy atom. The number of ether oxygens (including phenoxy) is 1. The van der Waals surface area contributed by atoms with Crippen molar-refractivity contribution in [3.8, 4) is 5.75 Å². The van der Waals surface area contributed by atoms with Crippen LogP contribution in [0.1, 0.15) is 31.0 Å². The highest BCUT2D eigenvalue weighted by Gasteiger charge is 2.47. The zero-order valence-electron chi connectivity index (χ0n) is 17.5. The summed E-state index contributed by atoms with van der Waals surface area (Å²) in [6.45, 7) is 3.85. The van der Waals surface area contributed by atoms with Gasteiger partial charge in [0, 0.05) is 28.1 Å². The summed E-state index contributed by atoms with van der Waals surface area (Å²) in [7, 11) is 0. The van der Waals surface area contributed by atoms with Crippen molar-refractivity contribution in [1.82, 2.24) is 4.98 Å². The Balaban J connectivity index is 1.85. The normalized spacial score (nSPS) is 17.8. The third-order valence-electron chi connectivity index (χ3n) is 5.05. The Labute approximate surface area is 194 Å². The molecule has 0 spiro atoms. The monoisotopic (exact) mass is 492 g/mol. The van der Waals surface area contributed by atoms with E-state index in [0.717, 1.165) is 4.47 Å². The smallest absolute Gasteiger partial charge is 0.300 e. The Morgan fingerprint density at radius 1 is 1.06 bits per heavy atom. The van der Waals surface area contributed by atoms with Gasteiger partial charge in [-0.1, -0.05) is 22.0 Å². The molecule has 1 aliphatic heterocycles. The number of carbonyl (C=O) groups excluding carboxylic acids is 2. The molecule has 1 saturated heterocycles. The number of aliphatic hydroxyl groups excluding tert-OH is 1. The summed E-state index contributed by atoms with van der Waals surface area (Å²) in [5, 5.41) is 11.1. The summed E-state index contributed by atoms with van der Waals surface area (Å²) < 4.78 is 6.42. The fraction of sp³-hybridized carbons (Fsp3) is 0.160. The second kappa shape index (κ2) is 8.96. The number of halogens is 1. The van der Waals surface area contributed by atoms with Crippen molar-refractivity contribution in [1.29, 1.82) is 0 Å². The van der Waals surface area contributed by atoms with Crippen molar-refractivity contribution >= 4 is 39.1 Å². The molecule has 1 aliphatic rings. The van der Waals surface area contributed by atoms with Crippen LogP contribution in [0.15, 0.2) is 83.1 Å². The minimum atomic E-state index is -0.793. The molecule has 1 fully saturated rings. The van der Waals surface area contributed by atoms with Gasteiger partial charge < -0.3 is 9.84 Å². The molecular weight excluding hydrogens is 472 g/mol. The highest BCUT2D eigenvalue weighted by atomic mass is 79.9. The van der Waals surface area contributed by atoms with Crippen LogP contribution in [0.3, 0.4) is 0 Å².